The van der Waals surface area contributed by atoms with Crippen molar-refractivity contribution < 1.29 is 27.9 Å². The molecule has 0 amide bonds. The van der Waals surface area contributed by atoms with E-state index in [1.54, 1.807) is 0 Å². The number of carbonyl (C=O) groups is 2. The molecule has 2 N–H and O–H groups in total. The zero-order valence-electron chi connectivity index (χ0n) is 12.8. The number of benzene rings is 1. The number of nitrogens with zero attached hydrogens (tertiary/aromatic N) is 2. The fourth-order valence-corrected chi connectivity index (χ4v) is 2.51. The highest BCUT2D eigenvalue weighted by atomic mass is 19.4. The predicted molar refractivity (Wildman–Crippen MR) is 85.2 cm³/mol. The third kappa shape index (κ3) is 3.08. The zero-order valence-corrected chi connectivity index (χ0v) is 12.8. The molecular formula is C16H10F3N3O4. The number of carboxylic acid groups (broad SMARTS) is 1. The Kier molecular flexibility index (Phi) is 4.10. The third-order valence-corrected chi connectivity index (χ3v) is 3.70. The molecule has 7 nitrogen and oxygen atoms in total. The molecule has 2 heterocycles. The molecule has 2 aromatic rings. The van der Waals surface area contributed by atoms with Crippen LogP contribution in [0.25, 0.3) is 5.69 Å². The lowest BCUT2D eigenvalue weighted by atomic mass is 10.0. The number of aliphatic imine (C=N–C) groups is 1. The Morgan fingerprint density at radius 2 is 1.92 bits per heavy atom. The van der Waals surface area contributed by atoms with E-state index in [2.05, 4.69) is 10.3 Å². The number of hydrogen-bond donors (Lipinski definition) is 2. The number of carbonyl (C=O) groups excluding carboxylic acids is 1. The number of nitrogens with one attached hydrogen (secondary N) is 1. The first-order chi connectivity index (χ1) is 12.2. The van der Waals surface area contributed by atoms with Gasteiger partial charge in [-0.05, 0) is 12.1 Å². The van der Waals surface area contributed by atoms with Gasteiger partial charge in [-0.25, -0.2) is 9.79 Å². The van der Waals surface area contributed by atoms with Gasteiger partial charge < -0.3 is 19.8 Å². The Hall–Kier alpha value is -3.43. The maximum atomic E-state index is 13.5. The molecule has 10 heteroatoms. The molecule has 3 rings (SSSR count). The van der Waals surface area contributed by atoms with Crippen LogP contribution in [0.2, 0.25) is 0 Å². The molecule has 0 bridgehead atoms. The second-order valence-corrected chi connectivity index (χ2v) is 5.39. The number of fused-ring (bicyclic) bond motifs is 1. The molecule has 134 valence electrons. The summed E-state index contributed by atoms with van der Waals surface area (Å²) in [5, 5.41) is 11.6. The second kappa shape index (κ2) is 6.14. The molecule has 0 aliphatic carbocycles. The van der Waals surface area contributed by atoms with Crippen LogP contribution < -0.4 is 10.7 Å². The molecule has 1 aliphatic rings. The number of aliphatic carboxylic acids is 1. The minimum atomic E-state index is -4.73. The van der Waals surface area contributed by atoms with Crippen molar-refractivity contribution in [3.63, 3.8) is 0 Å². The topological polar surface area (TPSA) is 101 Å². The molecule has 1 unspecified atom stereocenters. The Balaban J connectivity index is 2.26. The average Bonchev–Trinajstić information content (AvgIpc) is 2.59. The lowest BCUT2D eigenvalue weighted by Gasteiger charge is -2.24. The fourth-order valence-electron chi connectivity index (χ4n) is 2.51. The van der Waals surface area contributed by atoms with Gasteiger partial charge in [-0.15, -0.1) is 0 Å². The maximum Gasteiger partial charge on any atom is 0.418 e. The molecule has 1 atom stereocenters. The summed E-state index contributed by atoms with van der Waals surface area (Å²) in [6.45, 7) is 0. The van der Waals surface area contributed by atoms with Crippen LogP contribution in [0.5, 0.6) is 0 Å². The highest BCUT2D eigenvalue weighted by molar-refractivity contribution is 6.42. The largest absolute Gasteiger partial charge is 0.477 e. The van der Waals surface area contributed by atoms with E-state index in [9.17, 15) is 27.6 Å². The van der Waals surface area contributed by atoms with Gasteiger partial charge in [0.15, 0.2) is 11.1 Å². The number of halogens is 3. The standard InChI is InChI=1S/C16H10F3N3O4/c17-16(18,19)9-5-10-11(21-14(15(25)26)12(7-23)20-10)6-13(9)22-3-1-8(24)2-4-22/h1-7,12,20H,(H,25,26). The highest BCUT2D eigenvalue weighted by Gasteiger charge is 2.36. The molecule has 1 aromatic heterocycles. The Labute approximate surface area is 143 Å². The minimum Gasteiger partial charge on any atom is -0.477 e. The van der Waals surface area contributed by atoms with Gasteiger partial charge in [0.05, 0.1) is 22.6 Å². The van der Waals surface area contributed by atoms with Gasteiger partial charge in [0, 0.05) is 24.5 Å². The van der Waals surface area contributed by atoms with Crippen LogP contribution in [0.15, 0.2) is 46.4 Å². The number of aromatic nitrogens is 1. The van der Waals surface area contributed by atoms with Gasteiger partial charge >= 0.3 is 12.1 Å². The van der Waals surface area contributed by atoms with Gasteiger partial charge in [0.25, 0.3) is 0 Å². The van der Waals surface area contributed by atoms with Crippen molar-refractivity contribution in [1.29, 1.82) is 0 Å². The normalized spacial score (nSPS) is 16.3. The van der Waals surface area contributed by atoms with Crippen LogP contribution in [-0.4, -0.2) is 33.7 Å². The average molecular weight is 365 g/mol. The monoisotopic (exact) mass is 365 g/mol. The molecular weight excluding hydrogens is 355 g/mol. The molecule has 0 spiro atoms. The van der Waals surface area contributed by atoms with E-state index in [0.29, 0.717) is 0 Å². The number of aldehydes is 1. The number of rotatable bonds is 3. The van der Waals surface area contributed by atoms with Crippen molar-refractivity contribution in [2.45, 2.75) is 12.2 Å². The summed E-state index contributed by atoms with van der Waals surface area (Å²) >= 11 is 0. The lowest BCUT2D eigenvalue weighted by Crippen LogP contribution is -2.38. The van der Waals surface area contributed by atoms with E-state index >= 15 is 0 Å². The molecule has 26 heavy (non-hydrogen) atoms. The molecule has 0 fully saturated rings. The van der Waals surface area contributed by atoms with Crippen LogP contribution in [-0.2, 0) is 15.8 Å². The molecule has 0 radical (unpaired) electrons. The van der Waals surface area contributed by atoms with Crippen molar-refractivity contribution in [1.82, 2.24) is 4.57 Å². The maximum absolute atomic E-state index is 13.5. The lowest BCUT2D eigenvalue weighted by molar-refractivity contribution is -0.137. The Morgan fingerprint density at radius 1 is 1.27 bits per heavy atom. The van der Waals surface area contributed by atoms with Gasteiger partial charge in [-0.3, -0.25) is 4.79 Å². The van der Waals surface area contributed by atoms with Crippen LogP contribution in [0.1, 0.15) is 5.56 Å². The van der Waals surface area contributed by atoms with Crippen molar-refractivity contribution >= 4 is 29.3 Å². The van der Waals surface area contributed by atoms with Crippen molar-refractivity contribution in [3.8, 4) is 5.69 Å². The van der Waals surface area contributed by atoms with E-state index in [1.807, 2.05) is 0 Å². The smallest absolute Gasteiger partial charge is 0.418 e. The van der Waals surface area contributed by atoms with Crippen LogP contribution >= 0.6 is 0 Å². The van der Waals surface area contributed by atoms with E-state index in [-0.39, 0.29) is 28.8 Å². The van der Waals surface area contributed by atoms with Gasteiger partial charge in [0.2, 0.25) is 0 Å². The van der Waals surface area contributed by atoms with Crippen molar-refractivity contribution in [3.05, 3.63) is 52.4 Å². The van der Waals surface area contributed by atoms with E-state index < -0.39 is 29.5 Å². The van der Waals surface area contributed by atoms with Crippen molar-refractivity contribution in [2.24, 2.45) is 4.99 Å². The SMILES string of the molecule is O=CC1Nc2cc(C(F)(F)F)c(-n3ccc(=O)cc3)cc2N=C1C(=O)O. The van der Waals surface area contributed by atoms with Gasteiger partial charge in [-0.2, -0.15) is 13.2 Å². The van der Waals surface area contributed by atoms with Crippen molar-refractivity contribution in [2.75, 3.05) is 5.32 Å². The Bertz CT molecular complexity index is 975. The third-order valence-electron chi connectivity index (χ3n) is 3.70. The second-order valence-electron chi connectivity index (χ2n) is 5.39. The molecule has 0 saturated heterocycles. The summed E-state index contributed by atoms with van der Waals surface area (Å²) in [5.74, 6) is -1.47. The number of carboxylic acids is 1. The highest BCUT2D eigenvalue weighted by Crippen LogP contribution is 2.41. The summed E-state index contributed by atoms with van der Waals surface area (Å²) in [5.41, 5.74) is -2.47. The molecule has 1 aliphatic heterocycles. The predicted octanol–water partition coefficient (Wildman–Crippen LogP) is 2.01. The van der Waals surface area contributed by atoms with E-state index in [4.69, 9.17) is 5.11 Å². The first-order valence-electron chi connectivity index (χ1n) is 7.18. The zero-order chi connectivity index (χ0) is 19.1. The summed E-state index contributed by atoms with van der Waals surface area (Å²) in [6, 6.07) is 2.61. The number of anilines is 1. The quantitative estimate of drug-likeness (QED) is 0.811. The van der Waals surface area contributed by atoms with Crippen LogP contribution in [0.4, 0.5) is 24.5 Å². The van der Waals surface area contributed by atoms with Crippen LogP contribution in [0, 0.1) is 0 Å². The summed E-state index contributed by atoms with van der Waals surface area (Å²) in [6.07, 6.45) is -2.17. The summed E-state index contributed by atoms with van der Waals surface area (Å²) in [4.78, 5) is 37.2. The minimum absolute atomic E-state index is 0.0674. The fraction of sp³-hybridized carbons (Fsp3) is 0.125. The molecule has 0 saturated carbocycles. The number of alkyl halides is 3. The molecule has 1 aromatic carbocycles. The number of hydrogen-bond acceptors (Lipinski definition) is 5. The summed E-state index contributed by atoms with van der Waals surface area (Å²) < 4.78 is 41.5. The first kappa shape index (κ1) is 17.4. The first-order valence-corrected chi connectivity index (χ1v) is 7.18. The number of pyridine rings is 1. The van der Waals surface area contributed by atoms with Gasteiger partial charge in [0.1, 0.15) is 12.3 Å². The van der Waals surface area contributed by atoms with E-state index in [1.165, 1.54) is 0 Å². The summed E-state index contributed by atoms with van der Waals surface area (Å²) in [7, 11) is 0. The van der Waals surface area contributed by atoms with Gasteiger partial charge in [-0.1, -0.05) is 0 Å². The van der Waals surface area contributed by atoms with E-state index in [0.717, 1.165) is 41.2 Å². The van der Waals surface area contributed by atoms with Crippen LogP contribution in [0.3, 0.4) is 0 Å². The Morgan fingerprint density at radius 3 is 2.46 bits per heavy atom.